The Kier molecular flexibility index (Phi) is 4.09. The first-order valence-electron chi connectivity index (χ1n) is 6.25. The van der Waals surface area contributed by atoms with Crippen molar-refractivity contribution < 1.29 is 0 Å². The maximum atomic E-state index is 4.42. The quantitative estimate of drug-likeness (QED) is 0.754. The second-order valence-corrected chi connectivity index (χ2v) is 4.41. The smallest absolute Gasteiger partial charge is 0.133 e. The molecule has 0 unspecified atom stereocenters. The van der Waals surface area contributed by atoms with Gasteiger partial charge in [-0.15, -0.1) is 10.2 Å². The summed E-state index contributed by atoms with van der Waals surface area (Å²) in [6, 6.07) is 0. The molecule has 0 fully saturated rings. The normalized spacial score (nSPS) is 11.1. The summed E-state index contributed by atoms with van der Waals surface area (Å²) in [4.78, 5) is 0. The van der Waals surface area contributed by atoms with Crippen molar-refractivity contribution in [3.05, 3.63) is 29.6 Å². The van der Waals surface area contributed by atoms with Crippen molar-refractivity contribution >= 4 is 0 Å². The van der Waals surface area contributed by atoms with Crippen LogP contribution in [-0.2, 0) is 33.5 Å². The predicted molar refractivity (Wildman–Crippen MR) is 69.0 cm³/mol. The summed E-state index contributed by atoms with van der Waals surface area (Å²) in [6.45, 7) is 3.88. The molecule has 0 aliphatic carbocycles. The highest BCUT2D eigenvalue weighted by Gasteiger charge is 2.05. The van der Waals surface area contributed by atoms with E-state index in [1.165, 1.54) is 11.3 Å². The zero-order valence-electron chi connectivity index (χ0n) is 11.2. The number of aryl methyl sites for hydroxylation is 3. The largest absolute Gasteiger partial charge is 0.321 e. The van der Waals surface area contributed by atoms with E-state index in [2.05, 4.69) is 33.7 Å². The van der Waals surface area contributed by atoms with Crippen LogP contribution in [0.2, 0.25) is 0 Å². The highest BCUT2D eigenvalue weighted by atomic mass is 15.3. The van der Waals surface area contributed by atoms with Crippen molar-refractivity contribution in [1.82, 2.24) is 29.9 Å². The Morgan fingerprint density at radius 3 is 2.83 bits per heavy atom. The van der Waals surface area contributed by atoms with Crippen molar-refractivity contribution in [3.8, 4) is 0 Å². The van der Waals surface area contributed by atoms with Gasteiger partial charge in [-0.1, -0.05) is 6.92 Å². The fourth-order valence-electron chi connectivity index (χ4n) is 1.99. The molecule has 2 heterocycles. The third-order valence-corrected chi connectivity index (χ3v) is 2.97. The van der Waals surface area contributed by atoms with Crippen LogP contribution in [0.4, 0.5) is 0 Å². The van der Waals surface area contributed by atoms with Crippen molar-refractivity contribution in [2.24, 2.45) is 14.1 Å². The minimum atomic E-state index is 0.856. The molecule has 6 nitrogen and oxygen atoms in total. The monoisotopic (exact) mass is 248 g/mol. The lowest BCUT2D eigenvalue weighted by Crippen LogP contribution is -2.18. The number of nitrogens with zero attached hydrogens (tertiary/aromatic N) is 5. The zero-order chi connectivity index (χ0) is 13.0. The highest BCUT2D eigenvalue weighted by molar-refractivity contribution is 5.16. The van der Waals surface area contributed by atoms with E-state index in [0.29, 0.717) is 0 Å². The first kappa shape index (κ1) is 12.8. The molecule has 0 radical (unpaired) electrons. The second-order valence-electron chi connectivity index (χ2n) is 4.41. The standard InChI is InChI=1S/C12H20N6/c1-4-11-10(8-18(3)16-11)7-13-6-5-12-15-14-9-17(12)2/h8-9,13H,4-7H2,1-3H3. The van der Waals surface area contributed by atoms with Crippen LogP contribution in [0, 0.1) is 0 Å². The molecule has 0 saturated heterocycles. The maximum Gasteiger partial charge on any atom is 0.133 e. The molecule has 2 aromatic rings. The van der Waals surface area contributed by atoms with Crippen LogP contribution >= 0.6 is 0 Å². The molecule has 1 N–H and O–H groups in total. The Labute approximate surface area is 107 Å². The molecule has 2 rings (SSSR count). The molecule has 6 heteroatoms. The lowest BCUT2D eigenvalue weighted by molar-refractivity contribution is 0.651. The molecule has 0 aromatic carbocycles. The SMILES string of the molecule is CCc1nn(C)cc1CNCCc1nncn1C. The van der Waals surface area contributed by atoms with E-state index < -0.39 is 0 Å². The Morgan fingerprint density at radius 2 is 2.17 bits per heavy atom. The van der Waals surface area contributed by atoms with E-state index in [9.17, 15) is 0 Å². The van der Waals surface area contributed by atoms with Crippen LogP contribution in [0.3, 0.4) is 0 Å². The molecular formula is C12H20N6. The lowest BCUT2D eigenvalue weighted by Gasteiger charge is -2.04. The van der Waals surface area contributed by atoms with Crippen LogP contribution in [0.5, 0.6) is 0 Å². The molecule has 0 amide bonds. The molecule has 0 atom stereocenters. The van der Waals surface area contributed by atoms with E-state index in [-0.39, 0.29) is 0 Å². The molecule has 0 spiro atoms. The number of nitrogens with one attached hydrogen (secondary N) is 1. The van der Waals surface area contributed by atoms with E-state index in [0.717, 1.165) is 31.8 Å². The molecule has 2 aromatic heterocycles. The third kappa shape index (κ3) is 2.95. The highest BCUT2D eigenvalue weighted by Crippen LogP contribution is 2.06. The third-order valence-electron chi connectivity index (χ3n) is 2.97. The van der Waals surface area contributed by atoms with Crippen LogP contribution in [-0.4, -0.2) is 31.1 Å². The number of hydrogen-bond acceptors (Lipinski definition) is 4. The zero-order valence-corrected chi connectivity index (χ0v) is 11.2. The van der Waals surface area contributed by atoms with Gasteiger partial charge in [0.15, 0.2) is 0 Å². The van der Waals surface area contributed by atoms with Gasteiger partial charge in [-0.3, -0.25) is 4.68 Å². The Bertz CT molecular complexity index is 498. The van der Waals surface area contributed by atoms with E-state index in [4.69, 9.17) is 0 Å². The molecule has 18 heavy (non-hydrogen) atoms. The van der Waals surface area contributed by atoms with Crippen LogP contribution in [0.25, 0.3) is 0 Å². The topological polar surface area (TPSA) is 60.6 Å². The van der Waals surface area contributed by atoms with Gasteiger partial charge in [-0.2, -0.15) is 5.10 Å². The molecular weight excluding hydrogens is 228 g/mol. The molecule has 0 saturated carbocycles. The molecule has 0 bridgehead atoms. The minimum absolute atomic E-state index is 0.856. The summed E-state index contributed by atoms with van der Waals surface area (Å²) >= 11 is 0. The summed E-state index contributed by atoms with van der Waals surface area (Å²) in [6.07, 6.45) is 5.67. The Morgan fingerprint density at radius 1 is 1.33 bits per heavy atom. The van der Waals surface area contributed by atoms with Gasteiger partial charge >= 0.3 is 0 Å². The first-order valence-corrected chi connectivity index (χ1v) is 6.25. The number of rotatable bonds is 6. The summed E-state index contributed by atoms with van der Waals surface area (Å²) < 4.78 is 3.82. The molecule has 98 valence electrons. The van der Waals surface area contributed by atoms with Crippen molar-refractivity contribution in [3.63, 3.8) is 0 Å². The average molecular weight is 248 g/mol. The fraction of sp³-hybridized carbons (Fsp3) is 0.583. The average Bonchev–Trinajstić information content (AvgIpc) is 2.91. The Balaban J connectivity index is 1.80. The van der Waals surface area contributed by atoms with Crippen molar-refractivity contribution in [2.75, 3.05) is 6.54 Å². The van der Waals surface area contributed by atoms with Gasteiger partial charge < -0.3 is 9.88 Å². The van der Waals surface area contributed by atoms with Gasteiger partial charge in [0.25, 0.3) is 0 Å². The predicted octanol–water partition coefficient (Wildman–Crippen LogP) is 0.443. The van der Waals surface area contributed by atoms with Crippen molar-refractivity contribution in [1.29, 1.82) is 0 Å². The van der Waals surface area contributed by atoms with E-state index >= 15 is 0 Å². The van der Waals surface area contributed by atoms with Gasteiger partial charge in [-0.25, -0.2) is 0 Å². The fourth-order valence-corrected chi connectivity index (χ4v) is 1.99. The summed E-state index contributed by atoms with van der Waals surface area (Å²) in [7, 11) is 3.92. The minimum Gasteiger partial charge on any atom is -0.321 e. The molecule has 0 aliphatic heterocycles. The first-order chi connectivity index (χ1) is 8.70. The lowest BCUT2D eigenvalue weighted by atomic mass is 10.2. The number of aromatic nitrogens is 5. The summed E-state index contributed by atoms with van der Waals surface area (Å²) in [5.74, 6) is 1.00. The molecule has 0 aliphatic rings. The summed E-state index contributed by atoms with van der Waals surface area (Å²) in [5.41, 5.74) is 2.45. The van der Waals surface area contributed by atoms with Gasteiger partial charge in [0.2, 0.25) is 0 Å². The van der Waals surface area contributed by atoms with Crippen molar-refractivity contribution in [2.45, 2.75) is 26.3 Å². The maximum absolute atomic E-state index is 4.42. The number of hydrogen-bond donors (Lipinski definition) is 1. The van der Waals surface area contributed by atoms with Crippen LogP contribution < -0.4 is 5.32 Å². The van der Waals surface area contributed by atoms with Gasteiger partial charge in [0.05, 0.1) is 5.69 Å². The van der Waals surface area contributed by atoms with Gasteiger partial charge in [-0.05, 0) is 6.42 Å². The van der Waals surface area contributed by atoms with E-state index in [1.54, 1.807) is 6.33 Å². The van der Waals surface area contributed by atoms with Gasteiger partial charge in [0.1, 0.15) is 12.2 Å². The van der Waals surface area contributed by atoms with Crippen LogP contribution in [0.1, 0.15) is 24.0 Å². The Hall–Kier alpha value is -1.69. The van der Waals surface area contributed by atoms with Crippen LogP contribution in [0.15, 0.2) is 12.5 Å². The summed E-state index contributed by atoms with van der Waals surface area (Å²) in [5, 5.41) is 15.8. The van der Waals surface area contributed by atoms with E-state index in [1.807, 2.05) is 23.3 Å². The second kappa shape index (κ2) is 5.77. The van der Waals surface area contributed by atoms with Gasteiger partial charge in [0, 0.05) is 45.4 Å².